The van der Waals surface area contributed by atoms with E-state index < -0.39 is 35.2 Å². The number of benzene rings is 2. The lowest BCUT2D eigenvalue weighted by Crippen LogP contribution is -2.49. The van der Waals surface area contributed by atoms with Crippen LogP contribution >= 0.6 is 0 Å². The van der Waals surface area contributed by atoms with Crippen LogP contribution in [0.3, 0.4) is 0 Å². The number of anilines is 2. The van der Waals surface area contributed by atoms with Gasteiger partial charge in [0.05, 0.1) is 23.0 Å². The Morgan fingerprint density at radius 3 is 2.29 bits per heavy atom. The molecule has 1 aliphatic heterocycles. The molecule has 0 unspecified atom stereocenters. The molecule has 0 atom stereocenters. The second-order valence-corrected chi connectivity index (χ2v) is 7.84. The van der Waals surface area contributed by atoms with Crippen LogP contribution in [0.25, 0.3) is 0 Å². The Morgan fingerprint density at radius 2 is 1.66 bits per heavy atom. The van der Waals surface area contributed by atoms with E-state index in [0.29, 0.717) is 43.8 Å². The van der Waals surface area contributed by atoms with Gasteiger partial charge >= 0.3 is 6.18 Å². The number of carbonyl (C=O) groups is 2. The third-order valence-corrected chi connectivity index (χ3v) is 5.51. The summed E-state index contributed by atoms with van der Waals surface area (Å²) in [4.78, 5) is 32.5. The summed E-state index contributed by atoms with van der Waals surface area (Å²) in [5, 5.41) is 2.51. The van der Waals surface area contributed by atoms with Crippen LogP contribution < -0.4 is 10.2 Å². The minimum Gasteiger partial charge on any atom is -0.353 e. The average Bonchev–Trinajstić information content (AvgIpc) is 2.84. The van der Waals surface area contributed by atoms with Crippen molar-refractivity contribution in [2.45, 2.75) is 6.18 Å². The summed E-state index contributed by atoms with van der Waals surface area (Å²) in [5.74, 6) is -2.33. The molecule has 2 amide bonds. The molecular weight excluding hydrogens is 471 g/mol. The molecule has 2 heterocycles. The second-order valence-electron chi connectivity index (χ2n) is 7.84. The van der Waals surface area contributed by atoms with E-state index in [2.05, 4.69) is 10.3 Å². The van der Waals surface area contributed by atoms with Gasteiger partial charge in [0, 0.05) is 37.8 Å². The Hall–Kier alpha value is -4.02. The van der Waals surface area contributed by atoms with Gasteiger partial charge in [-0.3, -0.25) is 9.59 Å². The molecule has 0 spiro atoms. The van der Waals surface area contributed by atoms with E-state index in [1.807, 2.05) is 4.90 Å². The molecule has 1 saturated heterocycles. The first-order valence-electron chi connectivity index (χ1n) is 10.6. The Kier molecular flexibility index (Phi) is 6.68. The minimum atomic E-state index is -4.55. The van der Waals surface area contributed by atoms with Crippen molar-refractivity contribution in [2.75, 3.05) is 36.4 Å². The average molecular weight is 490 g/mol. The molecule has 4 rings (SSSR count). The quantitative estimate of drug-likeness (QED) is 0.544. The van der Waals surface area contributed by atoms with Crippen LogP contribution in [0.2, 0.25) is 0 Å². The molecule has 1 N–H and O–H groups in total. The van der Waals surface area contributed by atoms with Crippen molar-refractivity contribution in [3.8, 4) is 0 Å². The summed E-state index contributed by atoms with van der Waals surface area (Å²) in [6.45, 7) is 1.42. The third kappa shape index (κ3) is 5.56. The summed E-state index contributed by atoms with van der Waals surface area (Å²) in [6.07, 6.45) is -3.17. The van der Waals surface area contributed by atoms with Gasteiger partial charge in [0.25, 0.3) is 11.8 Å². The zero-order chi connectivity index (χ0) is 25.2. The molecule has 0 bridgehead atoms. The van der Waals surface area contributed by atoms with Crippen molar-refractivity contribution >= 4 is 23.3 Å². The first-order chi connectivity index (χ1) is 16.6. The number of amides is 2. The number of carbonyl (C=O) groups excluding carboxylic acids is 2. The predicted molar refractivity (Wildman–Crippen MR) is 118 cm³/mol. The number of alkyl halides is 3. The fourth-order valence-electron chi connectivity index (χ4n) is 3.66. The molecule has 2 aromatic carbocycles. The van der Waals surface area contributed by atoms with Crippen molar-refractivity contribution in [2.24, 2.45) is 0 Å². The number of nitrogens with one attached hydrogen (secondary N) is 1. The van der Waals surface area contributed by atoms with Crippen molar-refractivity contribution in [3.05, 3.63) is 89.1 Å². The highest BCUT2D eigenvalue weighted by molar-refractivity contribution is 6.04. The van der Waals surface area contributed by atoms with E-state index in [0.717, 1.165) is 30.3 Å². The lowest BCUT2D eigenvalue weighted by Gasteiger charge is -2.35. The predicted octanol–water partition coefficient (Wildman–Crippen LogP) is 4.59. The fourth-order valence-corrected chi connectivity index (χ4v) is 3.66. The van der Waals surface area contributed by atoms with Crippen LogP contribution in [-0.4, -0.2) is 47.9 Å². The van der Waals surface area contributed by atoms with Gasteiger partial charge in [0.15, 0.2) is 0 Å². The van der Waals surface area contributed by atoms with E-state index >= 15 is 0 Å². The van der Waals surface area contributed by atoms with Gasteiger partial charge in [-0.1, -0.05) is 6.07 Å². The maximum absolute atomic E-state index is 13.9. The number of pyridine rings is 1. The van der Waals surface area contributed by atoms with Gasteiger partial charge in [0.2, 0.25) is 0 Å². The number of piperazine rings is 1. The molecular formula is C24H19F5N4O2. The standard InChI is InChI=1S/C24H19F5N4O2/c25-17-4-6-19(20(26)13-17)23(35)33-10-8-32(9-11-33)21-7-5-18(14-30-21)31-22(34)15-2-1-3-16(12-15)24(27,28)29/h1-7,12-14H,8-11H2,(H,31,34). The topological polar surface area (TPSA) is 65.5 Å². The number of halogens is 5. The molecule has 35 heavy (non-hydrogen) atoms. The lowest BCUT2D eigenvalue weighted by atomic mass is 10.1. The lowest BCUT2D eigenvalue weighted by molar-refractivity contribution is -0.137. The van der Waals surface area contributed by atoms with Gasteiger partial charge in [-0.15, -0.1) is 0 Å². The number of rotatable bonds is 4. The molecule has 1 aliphatic rings. The molecule has 6 nitrogen and oxygen atoms in total. The van der Waals surface area contributed by atoms with E-state index in [-0.39, 0.29) is 11.1 Å². The van der Waals surface area contributed by atoms with Crippen molar-refractivity contribution < 1.29 is 31.5 Å². The molecule has 0 radical (unpaired) electrons. The normalized spacial score (nSPS) is 14.1. The highest BCUT2D eigenvalue weighted by atomic mass is 19.4. The number of nitrogens with zero attached hydrogens (tertiary/aromatic N) is 3. The van der Waals surface area contributed by atoms with Gasteiger partial charge in [-0.05, 0) is 42.5 Å². The zero-order valence-electron chi connectivity index (χ0n) is 18.1. The maximum atomic E-state index is 13.9. The Balaban J connectivity index is 1.35. The summed E-state index contributed by atoms with van der Waals surface area (Å²) < 4.78 is 65.6. The highest BCUT2D eigenvalue weighted by Crippen LogP contribution is 2.29. The summed E-state index contributed by atoms with van der Waals surface area (Å²) in [7, 11) is 0. The summed E-state index contributed by atoms with van der Waals surface area (Å²) in [6, 6.07) is 10.1. The molecule has 11 heteroatoms. The Bertz CT molecular complexity index is 1240. The number of hydrogen-bond acceptors (Lipinski definition) is 4. The highest BCUT2D eigenvalue weighted by Gasteiger charge is 2.31. The Morgan fingerprint density at radius 1 is 0.914 bits per heavy atom. The molecule has 1 fully saturated rings. The molecule has 0 saturated carbocycles. The fraction of sp³-hybridized carbons (Fsp3) is 0.208. The third-order valence-electron chi connectivity index (χ3n) is 5.51. The van der Waals surface area contributed by atoms with Crippen LogP contribution in [0.1, 0.15) is 26.3 Å². The number of aromatic nitrogens is 1. The largest absolute Gasteiger partial charge is 0.416 e. The molecule has 1 aromatic heterocycles. The van der Waals surface area contributed by atoms with Gasteiger partial charge in [-0.2, -0.15) is 13.2 Å². The molecule has 0 aliphatic carbocycles. The van der Waals surface area contributed by atoms with E-state index in [1.165, 1.54) is 17.2 Å². The smallest absolute Gasteiger partial charge is 0.353 e. The minimum absolute atomic E-state index is 0.137. The van der Waals surface area contributed by atoms with E-state index in [4.69, 9.17) is 0 Å². The SMILES string of the molecule is O=C(Nc1ccc(N2CCN(C(=O)c3ccc(F)cc3F)CC2)nc1)c1cccc(C(F)(F)F)c1. The zero-order valence-corrected chi connectivity index (χ0v) is 18.1. The summed E-state index contributed by atoms with van der Waals surface area (Å²) >= 11 is 0. The summed E-state index contributed by atoms with van der Waals surface area (Å²) in [5.41, 5.74) is -0.948. The molecule has 3 aromatic rings. The van der Waals surface area contributed by atoms with Gasteiger partial charge < -0.3 is 15.1 Å². The van der Waals surface area contributed by atoms with Crippen molar-refractivity contribution in [1.29, 1.82) is 0 Å². The Labute approximate surface area is 197 Å². The van der Waals surface area contributed by atoms with Gasteiger partial charge in [-0.25, -0.2) is 13.8 Å². The van der Waals surface area contributed by atoms with Crippen molar-refractivity contribution in [3.63, 3.8) is 0 Å². The number of hydrogen-bond donors (Lipinski definition) is 1. The first-order valence-corrected chi connectivity index (χ1v) is 10.6. The van der Waals surface area contributed by atoms with E-state index in [1.54, 1.807) is 12.1 Å². The van der Waals surface area contributed by atoms with Crippen LogP contribution in [0.15, 0.2) is 60.8 Å². The van der Waals surface area contributed by atoms with Crippen LogP contribution in [0.5, 0.6) is 0 Å². The monoisotopic (exact) mass is 490 g/mol. The second kappa shape index (κ2) is 9.69. The van der Waals surface area contributed by atoms with Gasteiger partial charge in [0.1, 0.15) is 17.5 Å². The van der Waals surface area contributed by atoms with Crippen LogP contribution in [0.4, 0.5) is 33.5 Å². The first kappa shape index (κ1) is 24.1. The molecule has 182 valence electrons. The van der Waals surface area contributed by atoms with Crippen LogP contribution in [0, 0.1) is 11.6 Å². The van der Waals surface area contributed by atoms with E-state index in [9.17, 15) is 31.5 Å². The van der Waals surface area contributed by atoms with Crippen LogP contribution in [-0.2, 0) is 6.18 Å². The maximum Gasteiger partial charge on any atom is 0.416 e. The van der Waals surface area contributed by atoms with Crippen molar-refractivity contribution in [1.82, 2.24) is 9.88 Å².